The Bertz CT molecular complexity index is 521. The molecule has 0 fully saturated rings. The lowest BCUT2D eigenvalue weighted by molar-refractivity contribution is 0.0692. The standard InChI is InChI=1S/C8H5BrN2O3/c9-4-1-3(12)2-5-6(4)7(8(13)14)11-10-5/h1-2,12H,(H,10,11)(H,13,14). The number of carboxylic acids is 1. The van der Waals surface area contributed by atoms with Gasteiger partial charge in [0.1, 0.15) is 5.75 Å². The van der Waals surface area contributed by atoms with Crippen LogP contribution in [0, 0.1) is 0 Å². The molecular weight excluding hydrogens is 252 g/mol. The Balaban J connectivity index is 2.85. The topological polar surface area (TPSA) is 86.2 Å². The van der Waals surface area contributed by atoms with Crippen molar-refractivity contribution in [1.29, 1.82) is 0 Å². The second kappa shape index (κ2) is 2.98. The number of aromatic amines is 1. The van der Waals surface area contributed by atoms with Crippen LogP contribution in [0.3, 0.4) is 0 Å². The number of aromatic carboxylic acids is 1. The van der Waals surface area contributed by atoms with Gasteiger partial charge in [-0.15, -0.1) is 0 Å². The fourth-order valence-electron chi connectivity index (χ4n) is 1.25. The Kier molecular flexibility index (Phi) is 1.92. The SMILES string of the molecule is O=C(O)c1n[nH]c2cc(O)cc(Br)c12. The Labute approximate surface area is 86.5 Å². The number of benzene rings is 1. The van der Waals surface area contributed by atoms with E-state index >= 15 is 0 Å². The van der Waals surface area contributed by atoms with Crippen LogP contribution in [-0.4, -0.2) is 26.4 Å². The zero-order valence-corrected chi connectivity index (χ0v) is 8.37. The van der Waals surface area contributed by atoms with Crippen molar-refractivity contribution in [3.05, 3.63) is 22.3 Å². The van der Waals surface area contributed by atoms with Gasteiger partial charge in [-0.3, -0.25) is 5.10 Å². The van der Waals surface area contributed by atoms with Crippen LogP contribution in [0.25, 0.3) is 10.9 Å². The molecule has 0 saturated carbocycles. The number of nitrogens with zero attached hydrogens (tertiary/aromatic N) is 1. The molecular formula is C8H5BrN2O3. The minimum atomic E-state index is -1.11. The molecule has 2 aromatic rings. The van der Waals surface area contributed by atoms with Crippen LogP contribution in [0.4, 0.5) is 0 Å². The summed E-state index contributed by atoms with van der Waals surface area (Å²) >= 11 is 3.16. The molecule has 0 aliphatic rings. The van der Waals surface area contributed by atoms with Gasteiger partial charge in [0.25, 0.3) is 0 Å². The second-order valence-corrected chi connectivity index (χ2v) is 3.58. The van der Waals surface area contributed by atoms with Crippen LogP contribution in [0.5, 0.6) is 5.75 Å². The lowest BCUT2D eigenvalue weighted by atomic mass is 10.2. The van der Waals surface area contributed by atoms with E-state index in [1.807, 2.05) is 0 Å². The smallest absolute Gasteiger partial charge is 0.357 e. The number of fused-ring (bicyclic) bond motifs is 1. The largest absolute Gasteiger partial charge is 0.508 e. The van der Waals surface area contributed by atoms with E-state index in [0.717, 1.165) is 0 Å². The maximum Gasteiger partial charge on any atom is 0.357 e. The fraction of sp³-hybridized carbons (Fsp3) is 0. The summed E-state index contributed by atoms with van der Waals surface area (Å²) in [6, 6.07) is 2.84. The molecule has 14 heavy (non-hydrogen) atoms. The number of aromatic hydroxyl groups is 1. The van der Waals surface area contributed by atoms with Crippen LogP contribution >= 0.6 is 15.9 Å². The van der Waals surface area contributed by atoms with E-state index in [-0.39, 0.29) is 11.4 Å². The maximum atomic E-state index is 10.7. The predicted molar refractivity (Wildman–Crippen MR) is 52.4 cm³/mol. The number of carboxylic acid groups (broad SMARTS) is 1. The molecule has 0 aliphatic heterocycles. The highest BCUT2D eigenvalue weighted by Crippen LogP contribution is 2.29. The van der Waals surface area contributed by atoms with Gasteiger partial charge in [-0.05, 0) is 22.0 Å². The highest BCUT2D eigenvalue weighted by Gasteiger charge is 2.15. The number of rotatable bonds is 1. The lowest BCUT2D eigenvalue weighted by Crippen LogP contribution is -1.97. The average Bonchev–Trinajstić information content (AvgIpc) is 2.47. The summed E-state index contributed by atoms with van der Waals surface area (Å²) in [6.45, 7) is 0. The summed E-state index contributed by atoms with van der Waals surface area (Å²) in [5.41, 5.74) is 0.418. The van der Waals surface area contributed by atoms with E-state index in [1.165, 1.54) is 12.1 Å². The van der Waals surface area contributed by atoms with Gasteiger partial charge >= 0.3 is 5.97 Å². The van der Waals surface area contributed by atoms with Gasteiger partial charge in [-0.1, -0.05) is 0 Å². The normalized spacial score (nSPS) is 10.6. The highest BCUT2D eigenvalue weighted by molar-refractivity contribution is 9.10. The predicted octanol–water partition coefficient (Wildman–Crippen LogP) is 1.73. The van der Waals surface area contributed by atoms with Crippen molar-refractivity contribution in [2.75, 3.05) is 0 Å². The molecule has 0 amide bonds. The minimum absolute atomic E-state index is 0.0463. The van der Waals surface area contributed by atoms with Crippen molar-refractivity contribution in [2.24, 2.45) is 0 Å². The van der Waals surface area contributed by atoms with E-state index < -0.39 is 5.97 Å². The summed E-state index contributed by atoms with van der Waals surface area (Å²) in [4.78, 5) is 10.7. The fourth-order valence-corrected chi connectivity index (χ4v) is 1.88. The van der Waals surface area contributed by atoms with E-state index in [1.54, 1.807) is 0 Å². The number of nitrogens with one attached hydrogen (secondary N) is 1. The molecule has 1 aromatic heterocycles. The summed E-state index contributed by atoms with van der Waals surface area (Å²) in [5, 5.41) is 24.6. The third-order valence-corrected chi connectivity index (χ3v) is 2.43. The van der Waals surface area contributed by atoms with Crippen LogP contribution < -0.4 is 0 Å². The van der Waals surface area contributed by atoms with Gasteiger partial charge in [0.15, 0.2) is 5.69 Å². The highest BCUT2D eigenvalue weighted by atomic mass is 79.9. The third-order valence-electron chi connectivity index (χ3n) is 1.80. The van der Waals surface area contributed by atoms with Crippen molar-refractivity contribution >= 4 is 32.8 Å². The summed E-state index contributed by atoms with van der Waals surface area (Å²) in [5.74, 6) is -1.06. The Morgan fingerprint density at radius 3 is 2.86 bits per heavy atom. The van der Waals surface area contributed by atoms with Crippen LogP contribution in [0.1, 0.15) is 10.5 Å². The molecule has 0 radical (unpaired) electrons. The number of hydrogen-bond acceptors (Lipinski definition) is 3. The molecule has 2 rings (SSSR count). The number of aromatic nitrogens is 2. The van der Waals surface area contributed by atoms with Gasteiger partial charge < -0.3 is 10.2 Å². The number of halogens is 1. The second-order valence-electron chi connectivity index (χ2n) is 2.73. The van der Waals surface area contributed by atoms with Crippen molar-refractivity contribution in [3.63, 3.8) is 0 Å². The Hall–Kier alpha value is -1.56. The van der Waals surface area contributed by atoms with E-state index in [4.69, 9.17) is 5.11 Å². The molecule has 1 aromatic carbocycles. The monoisotopic (exact) mass is 256 g/mol. The summed E-state index contributed by atoms with van der Waals surface area (Å²) in [7, 11) is 0. The molecule has 0 bridgehead atoms. The van der Waals surface area contributed by atoms with E-state index in [2.05, 4.69) is 26.1 Å². The summed E-state index contributed by atoms with van der Waals surface area (Å²) < 4.78 is 0.499. The van der Waals surface area contributed by atoms with Crippen LogP contribution in [0.2, 0.25) is 0 Å². The maximum absolute atomic E-state index is 10.7. The van der Waals surface area contributed by atoms with E-state index in [9.17, 15) is 9.90 Å². The molecule has 0 aliphatic carbocycles. The van der Waals surface area contributed by atoms with Gasteiger partial charge in [-0.2, -0.15) is 5.10 Å². The molecule has 6 heteroatoms. The van der Waals surface area contributed by atoms with Crippen molar-refractivity contribution in [2.45, 2.75) is 0 Å². The van der Waals surface area contributed by atoms with Gasteiger partial charge in [0.2, 0.25) is 0 Å². The molecule has 0 unspecified atom stereocenters. The van der Waals surface area contributed by atoms with Crippen LogP contribution in [-0.2, 0) is 0 Å². The minimum Gasteiger partial charge on any atom is -0.508 e. The quantitative estimate of drug-likeness (QED) is 0.726. The number of phenols is 1. The van der Waals surface area contributed by atoms with Crippen molar-refractivity contribution < 1.29 is 15.0 Å². The average molecular weight is 257 g/mol. The first-order valence-electron chi connectivity index (χ1n) is 3.69. The zero-order valence-electron chi connectivity index (χ0n) is 6.78. The molecule has 5 nitrogen and oxygen atoms in total. The number of H-pyrrole nitrogens is 1. The first-order chi connectivity index (χ1) is 6.59. The van der Waals surface area contributed by atoms with Gasteiger partial charge in [0.05, 0.1) is 5.52 Å². The first-order valence-corrected chi connectivity index (χ1v) is 4.49. The molecule has 1 heterocycles. The third kappa shape index (κ3) is 1.24. The first kappa shape index (κ1) is 9.01. The van der Waals surface area contributed by atoms with Gasteiger partial charge in [0, 0.05) is 15.9 Å². The number of carbonyl (C=O) groups is 1. The Morgan fingerprint density at radius 1 is 1.50 bits per heavy atom. The van der Waals surface area contributed by atoms with Crippen LogP contribution in [0.15, 0.2) is 16.6 Å². The molecule has 0 spiro atoms. The molecule has 72 valence electrons. The molecule has 0 saturated heterocycles. The van der Waals surface area contributed by atoms with Crippen molar-refractivity contribution in [3.8, 4) is 5.75 Å². The Morgan fingerprint density at radius 2 is 2.21 bits per heavy atom. The lowest BCUT2D eigenvalue weighted by Gasteiger charge is -1.96. The molecule has 0 atom stereocenters. The van der Waals surface area contributed by atoms with Gasteiger partial charge in [-0.25, -0.2) is 4.79 Å². The van der Waals surface area contributed by atoms with E-state index in [0.29, 0.717) is 15.4 Å². The zero-order chi connectivity index (χ0) is 10.3. The number of phenolic OH excluding ortho intramolecular Hbond substituents is 1. The molecule has 3 N–H and O–H groups in total. The number of hydrogen-bond donors (Lipinski definition) is 3. The van der Waals surface area contributed by atoms with Crippen molar-refractivity contribution in [1.82, 2.24) is 10.2 Å². The summed E-state index contributed by atoms with van der Waals surface area (Å²) in [6.07, 6.45) is 0.